The van der Waals surface area contributed by atoms with E-state index >= 15 is 0 Å². The number of hydrogen-bond acceptors (Lipinski definition) is 2. The van der Waals surface area contributed by atoms with E-state index < -0.39 is 0 Å². The summed E-state index contributed by atoms with van der Waals surface area (Å²) in [6.07, 6.45) is 1.04. The van der Waals surface area contributed by atoms with Crippen LogP contribution in [0.25, 0.3) is 0 Å². The number of likely N-dealkylation sites (tertiary alicyclic amines) is 1. The first-order valence-electron chi connectivity index (χ1n) is 7.41. The molecule has 2 aromatic carbocycles. The minimum absolute atomic E-state index is 0. The number of benzene rings is 2. The SMILES string of the molecule is Cl.NCc1ccc(C(=O)N2CCC(c3ccccc3)C2)cc1. The normalized spacial score (nSPS) is 17.1. The smallest absolute Gasteiger partial charge is 0.253 e. The Hall–Kier alpha value is -1.84. The van der Waals surface area contributed by atoms with Crippen molar-refractivity contribution < 1.29 is 4.79 Å². The van der Waals surface area contributed by atoms with E-state index in [0.29, 0.717) is 12.5 Å². The van der Waals surface area contributed by atoms with Crippen molar-refractivity contribution in [2.45, 2.75) is 18.9 Å². The summed E-state index contributed by atoms with van der Waals surface area (Å²) in [5.41, 5.74) is 8.71. The van der Waals surface area contributed by atoms with Crippen LogP contribution in [0.1, 0.15) is 33.8 Å². The average Bonchev–Trinajstić information content (AvgIpc) is 3.05. The Morgan fingerprint density at radius 3 is 2.41 bits per heavy atom. The average molecular weight is 317 g/mol. The van der Waals surface area contributed by atoms with Crippen LogP contribution in [0.5, 0.6) is 0 Å². The van der Waals surface area contributed by atoms with Crippen molar-refractivity contribution in [1.29, 1.82) is 0 Å². The van der Waals surface area contributed by atoms with E-state index in [4.69, 9.17) is 5.73 Å². The predicted molar refractivity (Wildman–Crippen MR) is 91.3 cm³/mol. The third-order valence-corrected chi connectivity index (χ3v) is 4.18. The van der Waals surface area contributed by atoms with Gasteiger partial charge in [-0.05, 0) is 29.7 Å². The molecule has 1 aliphatic heterocycles. The lowest BCUT2D eigenvalue weighted by molar-refractivity contribution is 0.0791. The molecule has 3 rings (SSSR count). The summed E-state index contributed by atoms with van der Waals surface area (Å²) in [7, 11) is 0. The van der Waals surface area contributed by atoms with Gasteiger partial charge in [0.15, 0.2) is 0 Å². The maximum Gasteiger partial charge on any atom is 0.253 e. The Morgan fingerprint density at radius 1 is 1.09 bits per heavy atom. The highest BCUT2D eigenvalue weighted by molar-refractivity contribution is 5.94. The molecule has 0 saturated carbocycles. The van der Waals surface area contributed by atoms with Crippen LogP contribution in [0, 0.1) is 0 Å². The van der Waals surface area contributed by atoms with Crippen LogP contribution in [0.15, 0.2) is 54.6 Å². The maximum absolute atomic E-state index is 12.5. The summed E-state index contributed by atoms with van der Waals surface area (Å²) >= 11 is 0. The van der Waals surface area contributed by atoms with Gasteiger partial charge in [-0.3, -0.25) is 4.79 Å². The molecule has 2 aromatic rings. The van der Waals surface area contributed by atoms with Crippen molar-refractivity contribution in [1.82, 2.24) is 4.90 Å². The number of amides is 1. The van der Waals surface area contributed by atoms with Crippen LogP contribution in [0.3, 0.4) is 0 Å². The quantitative estimate of drug-likeness (QED) is 0.945. The van der Waals surface area contributed by atoms with Gasteiger partial charge in [0.25, 0.3) is 5.91 Å². The van der Waals surface area contributed by atoms with Crippen LogP contribution < -0.4 is 5.73 Å². The molecule has 22 heavy (non-hydrogen) atoms. The lowest BCUT2D eigenvalue weighted by Gasteiger charge is -2.17. The number of halogens is 1. The predicted octanol–water partition coefficient (Wildman–Crippen LogP) is 3.20. The molecule has 1 saturated heterocycles. The molecule has 4 heteroatoms. The largest absolute Gasteiger partial charge is 0.338 e. The number of carbonyl (C=O) groups excluding carboxylic acids is 1. The molecule has 2 N–H and O–H groups in total. The summed E-state index contributed by atoms with van der Waals surface area (Å²) in [6, 6.07) is 18.1. The molecule has 1 fully saturated rings. The second-order valence-corrected chi connectivity index (χ2v) is 5.55. The zero-order valence-corrected chi connectivity index (χ0v) is 13.3. The number of nitrogens with zero attached hydrogens (tertiary/aromatic N) is 1. The van der Waals surface area contributed by atoms with Gasteiger partial charge >= 0.3 is 0 Å². The fourth-order valence-electron chi connectivity index (χ4n) is 2.91. The zero-order chi connectivity index (χ0) is 14.7. The molecular weight excluding hydrogens is 296 g/mol. The molecule has 116 valence electrons. The number of hydrogen-bond donors (Lipinski definition) is 1. The first-order chi connectivity index (χ1) is 10.3. The van der Waals surface area contributed by atoms with Crippen molar-refractivity contribution in [3.63, 3.8) is 0 Å². The standard InChI is InChI=1S/C18H20N2O.ClH/c19-12-14-6-8-16(9-7-14)18(21)20-11-10-17(13-20)15-4-2-1-3-5-15;/h1-9,17H,10-13,19H2;1H. The van der Waals surface area contributed by atoms with E-state index in [1.54, 1.807) is 0 Å². The fraction of sp³-hybridized carbons (Fsp3) is 0.278. The number of rotatable bonds is 3. The molecule has 1 unspecified atom stereocenters. The molecule has 3 nitrogen and oxygen atoms in total. The highest BCUT2D eigenvalue weighted by Gasteiger charge is 2.27. The van der Waals surface area contributed by atoms with Crippen molar-refractivity contribution in [2.24, 2.45) is 5.73 Å². The second kappa shape index (κ2) is 7.43. The van der Waals surface area contributed by atoms with Crippen LogP contribution >= 0.6 is 12.4 Å². The monoisotopic (exact) mass is 316 g/mol. The summed E-state index contributed by atoms with van der Waals surface area (Å²) in [5, 5.41) is 0. The van der Waals surface area contributed by atoms with Crippen molar-refractivity contribution >= 4 is 18.3 Å². The lowest BCUT2D eigenvalue weighted by Crippen LogP contribution is -2.28. The van der Waals surface area contributed by atoms with Crippen LogP contribution in [-0.2, 0) is 6.54 Å². The molecule has 0 bridgehead atoms. The Kier molecular flexibility index (Phi) is 5.58. The third kappa shape index (κ3) is 3.49. The van der Waals surface area contributed by atoms with E-state index in [0.717, 1.165) is 30.6 Å². The summed E-state index contributed by atoms with van der Waals surface area (Å²) in [5.74, 6) is 0.579. The molecule has 0 aliphatic carbocycles. The van der Waals surface area contributed by atoms with Crippen molar-refractivity contribution in [3.8, 4) is 0 Å². The first kappa shape index (κ1) is 16.5. The van der Waals surface area contributed by atoms with E-state index in [1.807, 2.05) is 35.2 Å². The van der Waals surface area contributed by atoms with Crippen LogP contribution in [0.2, 0.25) is 0 Å². The van der Waals surface area contributed by atoms with Gasteiger partial charge < -0.3 is 10.6 Å². The number of nitrogens with two attached hydrogens (primary N) is 1. The minimum Gasteiger partial charge on any atom is -0.338 e. The van der Waals surface area contributed by atoms with Gasteiger partial charge in [0.2, 0.25) is 0 Å². The molecule has 1 aliphatic rings. The van der Waals surface area contributed by atoms with Crippen LogP contribution in [0.4, 0.5) is 0 Å². The fourth-order valence-corrected chi connectivity index (χ4v) is 2.91. The van der Waals surface area contributed by atoms with Crippen molar-refractivity contribution in [2.75, 3.05) is 13.1 Å². The lowest BCUT2D eigenvalue weighted by atomic mass is 9.99. The summed E-state index contributed by atoms with van der Waals surface area (Å²) in [4.78, 5) is 14.5. The molecular formula is C18H21ClN2O. The molecule has 0 radical (unpaired) electrons. The number of carbonyl (C=O) groups is 1. The van der Waals surface area contributed by atoms with Gasteiger partial charge in [-0.15, -0.1) is 12.4 Å². The minimum atomic E-state index is 0. The molecule has 0 spiro atoms. The Labute approximate surface area is 137 Å². The van der Waals surface area contributed by atoms with Gasteiger partial charge in [-0.2, -0.15) is 0 Å². The van der Waals surface area contributed by atoms with E-state index in [1.165, 1.54) is 5.56 Å². The van der Waals surface area contributed by atoms with E-state index in [2.05, 4.69) is 24.3 Å². The Bertz CT molecular complexity index is 613. The summed E-state index contributed by atoms with van der Waals surface area (Å²) in [6.45, 7) is 2.15. The maximum atomic E-state index is 12.5. The third-order valence-electron chi connectivity index (χ3n) is 4.18. The Morgan fingerprint density at radius 2 is 1.77 bits per heavy atom. The highest BCUT2D eigenvalue weighted by atomic mass is 35.5. The van der Waals surface area contributed by atoms with E-state index in [9.17, 15) is 4.79 Å². The second-order valence-electron chi connectivity index (χ2n) is 5.55. The van der Waals surface area contributed by atoms with Gasteiger partial charge in [0.05, 0.1) is 0 Å². The molecule has 1 amide bonds. The zero-order valence-electron chi connectivity index (χ0n) is 12.4. The van der Waals surface area contributed by atoms with Gasteiger partial charge in [0, 0.05) is 31.1 Å². The first-order valence-corrected chi connectivity index (χ1v) is 7.41. The van der Waals surface area contributed by atoms with Crippen molar-refractivity contribution in [3.05, 3.63) is 71.3 Å². The van der Waals surface area contributed by atoms with Gasteiger partial charge in [-0.1, -0.05) is 42.5 Å². The van der Waals surface area contributed by atoms with Crippen LogP contribution in [-0.4, -0.2) is 23.9 Å². The Balaban J connectivity index is 0.00000176. The van der Waals surface area contributed by atoms with E-state index in [-0.39, 0.29) is 18.3 Å². The molecule has 1 atom stereocenters. The summed E-state index contributed by atoms with van der Waals surface area (Å²) < 4.78 is 0. The molecule has 0 aromatic heterocycles. The highest BCUT2D eigenvalue weighted by Crippen LogP contribution is 2.27. The molecule has 1 heterocycles. The van der Waals surface area contributed by atoms with Gasteiger partial charge in [0.1, 0.15) is 0 Å². The topological polar surface area (TPSA) is 46.3 Å². The van der Waals surface area contributed by atoms with Gasteiger partial charge in [-0.25, -0.2) is 0 Å².